The number of aromatic nitrogens is 2. The van der Waals surface area contributed by atoms with Crippen molar-refractivity contribution in [3.63, 3.8) is 0 Å². The molecule has 7 heteroatoms. The van der Waals surface area contributed by atoms with Gasteiger partial charge in [0, 0.05) is 21.0 Å². The number of halogens is 1. The molecule has 0 aliphatic heterocycles. The average molecular weight is 492 g/mol. The van der Waals surface area contributed by atoms with E-state index in [1.807, 2.05) is 60.7 Å². The molecule has 1 amide bonds. The Kier molecular flexibility index (Phi) is 7.29. The molecule has 0 aliphatic carbocycles. The lowest BCUT2D eigenvalue weighted by Gasteiger charge is -2.19. The Labute approximate surface area is 209 Å². The Morgan fingerprint density at radius 2 is 1.71 bits per heavy atom. The van der Waals surface area contributed by atoms with Gasteiger partial charge in [0.25, 0.3) is 5.91 Å². The van der Waals surface area contributed by atoms with E-state index in [9.17, 15) is 4.79 Å². The van der Waals surface area contributed by atoms with Crippen molar-refractivity contribution in [1.29, 1.82) is 0 Å². The lowest BCUT2D eigenvalue weighted by molar-refractivity contribution is 0.102. The molecular formula is C27H26ClN3O2S. The second-order valence-electron chi connectivity index (χ2n) is 8.79. The third kappa shape index (κ3) is 6.22. The van der Waals surface area contributed by atoms with Gasteiger partial charge < -0.3 is 10.1 Å². The molecule has 174 valence electrons. The normalized spacial score (nSPS) is 11.3. The number of carbonyl (C=O) groups is 1. The quantitative estimate of drug-likeness (QED) is 0.295. The van der Waals surface area contributed by atoms with Crippen molar-refractivity contribution >= 4 is 35.0 Å². The highest BCUT2D eigenvalue weighted by Crippen LogP contribution is 2.34. The summed E-state index contributed by atoms with van der Waals surface area (Å²) in [5.41, 5.74) is 2.37. The first-order chi connectivity index (χ1) is 16.3. The van der Waals surface area contributed by atoms with E-state index in [4.69, 9.17) is 16.3 Å². The predicted molar refractivity (Wildman–Crippen MR) is 138 cm³/mol. The highest BCUT2D eigenvalue weighted by Gasteiger charge is 2.14. The fourth-order valence-corrected chi connectivity index (χ4v) is 4.25. The predicted octanol–water partition coefficient (Wildman–Crippen LogP) is 7.27. The molecule has 0 saturated carbocycles. The van der Waals surface area contributed by atoms with Crippen molar-refractivity contribution in [2.24, 2.45) is 0 Å². The second kappa shape index (κ2) is 10.4. The van der Waals surface area contributed by atoms with Gasteiger partial charge in [0.15, 0.2) is 12.4 Å². The van der Waals surface area contributed by atoms with Gasteiger partial charge in [0.1, 0.15) is 5.75 Å². The van der Waals surface area contributed by atoms with Crippen LogP contribution in [-0.2, 0) is 12.1 Å². The number of nitrogens with one attached hydrogen (secondary N) is 1. The first-order valence-corrected chi connectivity index (χ1v) is 12.1. The molecule has 1 aromatic heterocycles. The lowest BCUT2D eigenvalue weighted by atomic mass is 9.87. The van der Waals surface area contributed by atoms with Crippen molar-refractivity contribution in [3.05, 3.63) is 101 Å². The zero-order valence-corrected chi connectivity index (χ0v) is 20.9. The number of ether oxygens (including phenoxy) is 1. The van der Waals surface area contributed by atoms with Gasteiger partial charge in [-0.25, -0.2) is 4.68 Å². The summed E-state index contributed by atoms with van der Waals surface area (Å²) in [5, 5.41) is 8.01. The number of carbonyl (C=O) groups excluding carboxylic acids is 1. The number of para-hydroxylation sites is 1. The van der Waals surface area contributed by atoms with Crippen LogP contribution in [0.15, 0.2) is 94.9 Å². The first kappa shape index (κ1) is 23.9. The van der Waals surface area contributed by atoms with Crippen LogP contribution in [0.5, 0.6) is 5.75 Å². The highest BCUT2D eigenvalue weighted by molar-refractivity contribution is 7.99. The Morgan fingerprint density at radius 3 is 2.41 bits per heavy atom. The summed E-state index contributed by atoms with van der Waals surface area (Å²) in [6.45, 7) is 6.74. The van der Waals surface area contributed by atoms with Crippen LogP contribution in [-0.4, -0.2) is 15.7 Å². The molecule has 1 heterocycles. The van der Waals surface area contributed by atoms with Crippen molar-refractivity contribution < 1.29 is 9.53 Å². The number of hydrogen-bond donors (Lipinski definition) is 1. The van der Waals surface area contributed by atoms with Crippen LogP contribution in [0.3, 0.4) is 0 Å². The van der Waals surface area contributed by atoms with Gasteiger partial charge in [-0.1, -0.05) is 68.4 Å². The molecule has 34 heavy (non-hydrogen) atoms. The van der Waals surface area contributed by atoms with Crippen LogP contribution < -0.4 is 10.1 Å². The molecule has 5 nitrogen and oxygen atoms in total. The summed E-state index contributed by atoms with van der Waals surface area (Å²) < 4.78 is 7.42. The number of anilines is 1. The van der Waals surface area contributed by atoms with Crippen molar-refractivity contribution in [3.8, 4) is 5.75 Å². The maximum atomic E-state index is 12.8. The van der Waals surface area contributed by atoms with E-state index in [2.05, 4.69) is 43.3 Å². The van der Waals surface area contributed by atoms with Crippen LogP contribution >= 0.6 is 23.4 Å². The van der Waals surface area contributed by atoms with E-state index in [0.29, 0.717) is 10.7 Å². The van der Waals surface area contributed by atoms with E-state index < -0.39 is 0 Å². The highest BCUT2D eigenvalue weighted by atomic mass is 35.5. The van der Waals surface area contributed by atoms with Gasteiger partial charge in [-0.05, 0) is 65.6 Å². The van der Waals surface area contributed by atoms with Gasteiger partial charge >= 0.3 is 0 Å². The SMILES string of the molecule is CC(C)(C)c1ccc(OCn2ccc(C(=O)Nc3ccccc3Sc3ccc(Cl)cc3)n2)cc1. The molecule has 0 aliphatic rings. The van der Waals surface area contributed by atoms with Crippen LogP contribution in [0.25, 0.3) is 0 Å². The number of benzene rings is 3. The summed E-state index contributed by atoms with van der Waals surface area (Å²) in [4.78, 5) is 14.8. The van der Waals surface area contributed by atoms with Crippen molar-refractivity contribution in [2.75, 3.05) is 5.32 Å². The number of hydrogen-bond acceptors (Lipinski definition) is 4. The van der Waals surface area contributed by atoms with Crippen molar-refractivity contribution in [1.82, 2.24) is 9.78 Å². The minimum absolute atomic E-state index is 0.0920. The van der Waals surface area contributed by atoms with Gasteiger partial charge in [0.05, 0.1) is 5.69 Å². The standard InChI is InChI=1S/C27H26ClN3O2S/c1-27(2,3)19-8-12-21(13-9-19)33-18-31-17-16-24(30-31)26(32)29-23-6-4-5-7-25(23)34-22-14-10-20(28)11-15-22/h4-17H,18H2,1-3H3,(H,29,32). The molecule has 0 spiro atoms. The van der Waals surface area contributed by atoms with Crippen LogP contribution in [0.2, 0.25) is 5.02 Å². The van der Waals surface area contributed by atoms with E-state index in [0.717, 1.165) is 21.2 Å². The first-order valence-electron chi connectivity index (χ1n) is 10.9. The van der Waals surface area contributed by atoms with Crippen LogP contribution in [0, 0.1) is 0 Å². The minimum Gasteiger partial charge on any atom is -0.471 e. The minimum atomic E-state index is -0.280. The number of amides is 1. The third-order valence-corrected chi connectivity index (χ3v) is 6.47. The molecule has 0 fully saturated rings. The molecule has 0 radical (unpaired) electrons. The summed E-state index contributed by atoms with van der Waals surface area (Å²) in [6, 6.07) is 25.0. The summed E-state index contributed by atoms with van der Waals surface area (Å²) in [6.07, 6.45) is 1.73. The van der Waals surface area contributed by atoms with E-state index in [1.165, 1.54) is 5.56 Å². The Morgan fingerprint density at radius 1 is 1.00 bits per heavy atom. The Bertz CT molecular complexity index is 1260. The fourth-order valence-electron chi connectivity index (χ4n) is 3.22. The molecule has 0 saturated heterocycles. The smallest absolute Gasteiger partial charge is 0.276 e. The maximum absolute atomic E-state index is 12.8. The van der Waals surface area contributed by atoms with Gasteiger partial charge in [-0.15, -0.1) is 0 Å². The number of rotatable bonds is 7. The molecule has 1 N–H and O–H groups in total. The molecule has 0 bridgehead atoms. The van der Waals surface area contributed by atoms with Gasteiger partial charge in [-0.2, -0.15) is 5.10 Å². The summed E-state index contributed by atoms with van der Waals surface area (Å²) in [5.74, 6) is 0.472. The van der Waals surface area contributed by atoms with E-state index in [-0.39, 0.29) is 18.1 Å². The van der Waals surface area contributed by atoms with Crippen LogP contribution in [0.4, 0.5) is 5.69 Å². The molecule has 3 aromatic carbocycles. The van der Waals surface area contributed by atoms with Crippen LogP contribution in [0.1, 0.15) is 36.8 Å². The van der Waals surface area contributed by atoms with Gasteiger partial charge in [0.2, 0.25) is 0 Å². The van der Waals surface area contributed by atoms with Gasteiger partial charge in [-0.3, -0.25) is 4.79 Å². The summed E-state index contributed by atoms with van der Waals surface area (Å²) in [7, 11) is 0. The maximum Gasteiger partial charge on any atom is 0.276 e. The molecule has 4 rings (SSSR count). The zero-order chi connectivity index (χ0) is 24.1. The molecule has 0 atom stereocenters. The third-order valence-electron chi connectivity index (χ3n) is 5.13. The zero-order valence-electron chi connectivity index (χ0n) is 19.3. The Balaban J connectivity index is 1.38. The average Bonchev–Trinajstić information content (AvgIpc) is 3.29. The Hall–Kier alpha value is -3.22. The largest absolute Gasteiger partial charge is 0.471 e. The second-order valence-corrected chi connectivity index (χ2v) is 10.3. The molecule has 0 unspecified atom stereocenters. The molecule has 4 aromatic rings. The fraction of sp³-hybridized carbons (Fsp3) is 0.185. The monoisotopic (exact) mass is 491 g/mol. The molecular weight excluding hydrogens is 466 g/mol. The van der Waals surface area contributed by atoms with Crippen molar-refractivity contribution in [2.45, 2.75) is 42.7 Å². The topological polar surface area (TPSA) is 56.1 Å². The summed E-state index contributed by atoms with van der Waals surface area (Å²) >= 11 is 7.53. The van der Waals surface area contributed by atoms with E-state index >= 15 is 0 Å². The number of nitrogens with zero attached hydrogens (tertiary/aromatic N) is 2. The lowest BCUT2D eigenvalue weighted by Crippen LogP contribution is -2.15. The van der Waals surface area contributed by atoms with E-state index in [1.54, 1.807) is 28.7 Å².